The van der Waals surface area contributed by atoms with Crippen LogP contribution in [0.3, 0.4) is 0 Å². The summed E-state index contributed by atoms with van der Waals surface area (Å²) in [6.45, 7) is 0.103. The maximum atomic E-state index is 13.8. The second-order valence-electron chi connectivity index (χ2n) is 8.28. The Morgan fingerprint density at radius 1 is 1.06 bits per heavy atom. The first-order chi connectivity index (χ1) is 16.7. The Labute approximate surface area is 197 Å². The van der Waals surface area contributed by atoms with Crippen molar-refractivity contribution in [2.45, 2.75) is 31.7 Å². The molecule has 2 aliphatic heterocycles. The molecule has 1 atom stereocenters. The number of fused-ring (bicyclic) bond motifs is 1. The Balaban J connectivity index is 1.53. The Hall–Kier alpha value is -4.15. The highest BCUT2D eigenvalue weighted by atomic mass is 19.4. The van der Waals surface area contributed by atoms with Crippen LogP contribution in [0.25, 0.3) is 22.5 Å². The number of piperidine rings is 1. The van der Waals surface area contributed by atoms with Crippen LogP contribution in [0.1, 0.15) is 28.8 Å². The van der Waals surface area contributed by atoms with Crippen molar-refractivity contribution in [1.82, 2.24) is 19.8 Å². The lowest BCUT2D eigenvalue weighted by atomic mass is 10.0. The summed E-state index contributed by atoms with van der Waals surface area (Å²) in [6, 6.07) is 10.1. The van der Waals surface area contributed by atoms with E-state index in [0.29, 0.717) is 22.4 Å². The third kappa shape index (κ3) is 3.92. The maximum Gasteiger partial charge on any atom is 0.490 e. The van der Waals surface area contributed by atoms with Crippen LogP contribution in [-0.2, 0) is 22.4 Å². The molecule has 180 valence electrons. The summed E-state index contributed by atoms with van der Waals surface area (Å²) in [5.74, 6) is -0.785. The molecule has 0 spiro atoms. The quantitative estimate of drug-likeness (QED) is 0.573. The first-order valence-corrected chi connectivity index (χ1v) is 10.7. The lowest BCUT2D eigenvalue weighted by molar-refractivity contribution is -0.202. The van der Waals surface area contributed by atoms with E-state index < -0.39 is 18.2 Å². The summed E-state index contributed by atoms with van der Waals surface area (Å²) in [4.78, 5) is 42.1. The van der Waals surface area contributed by atoms with Crippen molar-refractivity contribution >= 4 is 17.7 Å². The van der Waals surface area contributed by atoms with E-state index >= 15 is 0 Å². The van der Waals surface area contributed by atoms with Gasteiger partial charge in [0.05, 0.1) is 18.5 Å². The molecule has 1 unspecified atom stereocenters. The van der Waals surface area contributed by atoms with Gasteiger partial charge in [-0.05, 0) is 48.4 Å². The zero-order valence-corrected chi connectivity index (χ0v) is 18.4. The number of benzene rings is 2. The molecule has 0 bridgehead atoms. The standard InChI is InChI=1S/C24H19F3N4O4/c1-35-16-5-2-13(3-6-16)21-20(28-12-31(21)24(25,26)27)14-4-7-17-15(10-14)11-30(23(17)34)18-8-9-19(32)29-22(18)33/h2-7,10,12,18H,8-9,11H2,1H3,(H,29,32,33). The highest BCUT2D eigenvalue weighted by Gasteiger charge is 2.40. The van der Waals surface area contributed by atoms with Gasteiger partial charge in [-0.1, -0.05) is 6.07 Å². The summed E-state index contributed by atoms with van der Waals surface area (Å²) in [5.41, 5.74) is 1.57. The van der Waals surface area contributed by atoms with E-state index in [-0.39, 0.29) is 52.7 Å². The van der Waals surface area contributed by atoms with Crippen LogP contribution >= 0.6 is 0 Å². The van der Waals surface area contributed by atoms with Crippen LogP contribution in [0, 0.1) is 0 Å². The average Bonchev–Trinajstić information content (AvgIpc) is 3.41. The number of imide groups is 1. The summed E-state index contributed by atoms with van der Waals surface area (Å²) in [5, 5.41) is 2.24. The molecule has 1 saturated heterocycles. The van der Waals surface area contributed by atoms with Crippen molar-refractivity contribution in [3.05, 3.63) is 59.9 Å². The number of alkyl halides is 3. The van der Waals surface area contributed by atoms with Crippen molar-refractivity contribution in [3.8, 4) is 28.3 Å². The molecule has 8 nitrogen and oxygen atoms in total. The highest BCUT2D eigenvalue weighted by molar-refractivity contribution is 6.05. The molecule has 1 fully saturated rings. The van der Waals surface area contributed by atoms with Crippen LogP contribution < -0.4 is 10.1 Å². The maximum absolute atomic E-state index is 13.8. The van der Waals surface area contributed by atoms with Gasteiger partial charge >= 0.3 is 6.30 Å². The van der Waals surface area contributed by atoms with E-state index in [9.17, 15) is 27.6 Å². The fraction of sp³-hybridized carbons (Fsp3) is 0.250. The van der Waals surface area contributed by atoms with Crippen LogP contribution in [0.5, 0.6) is 5.75 Å². The van der Waals surface area contributed by atoms with Gasteiger partial charge in [0.25, 0.3) is 5.91 Å². The molecule has 5 rings (SSSR count). The second kappa shape index (κ2) is 8.26. The van der Waals surface area contributed by atoms with Crippen molar-refractivity contribution in [3.63, 3.8) is 0 Å². The monoisotopic (exact) mass is 484 g/mol. The normalized spacial score (nSPS) is 18.0. The van der Waals surface area contributed by atoms with Crippen molar-refractivity contribution in [2.24, 2.45) is 0 Å². The minimum Gasteiger partial charge on any atom is -0.497 e. The predicted octanol–water partition coefficient (Wildman–Crippen LogP) is 3.46. The minimum atomic E-state index is -4.70. The predicted molar refractivity (Wildman–Crippen MR) is 117 cm³/mol. The molecule has 3 heterocycles. The van der Waals surface area contributed by atoms with Crippen molar-refractivity contribution in [2.75, 3.05) is 7.11 Å². The lowest BCUT2D eigenvalue weighted by Crippen LogP contribution is -2.52. The molecule has 0 aliphatic carbocycles. The van der Waals surface area contributed by atoms with Gasteiger partial charge in [-0.15, -0.1) is 13.2 Å². The largest absolute Gasteiger partial charge is 0.497 e. The lowest BCUT2D eigenvalue weighted by Gasteiger charge is -2.29. The fourth-order valence-corrected chi connectivity index (χ4v) is 4.50. The smallest absolute Gasteiger partial charge is 0.490 e. The third-order valence-electron chi connectivity index (χ3n) is 6.20. The summed E-state index contributed by atoms with van der Waals surface area (Å²) in [7, 11) is 1.46. The molecule has 1 aromatic heterocycles. The topological polar surface area (TPSA) is 93.5 Å². The second-order valence-corrected chi connectivity index (χ2v) is 8.28. The van der Waals surface area contributed by atoms with Crippen LogP contribution in [0.2, 0.25) is 0 Å². The van der Waals surface area contributed by atoms with Crippen molar-refractivity contribution < 1.29 is 32.3 Å². The van der Waals surface area contributed by atoms with Gasteiger partial charge < -0.3 is 9.64 Å². The summed E-state index contributed by atoms with van der Waals surface area (Å²) in [6.07, 6.45) is -3.63. The fourth-order valence-electron chi connectivity index (χ4n) is 4.50. The third-order valence-corrected chi connectivity index (χ3v) is 6.20. The van der Waals surface area contributed by atoms with Gasteiger partial charge in [0, 0.05) is 29.7 Å². The number of ether oxygens (including phenoxy) is 1. The number of methoxy groups -OCH3 is 1. The number of carbonyl (C=O) groups excluding carboxylic acids is 3. The Bertz CT molecular complexity index is 1350. The van der Waals surface area contributed by atoms with E-state index in [1.807, 2.05) is 0 Å². The van der Waals surface area contributed by atoms with E-state index in [1.165, 1.54) is 30.2 Å². The first kappa shape index (κ1) is 22.6. The number of aromatic nitrogens is 2. The van der Waals surface area contributed by atoms with Crippen molar-refractivity contribution in [1.29, 1.82) is 0 Å². The number of halogens is 3. The van der Waals surface area contributed by atoms with Crippen LogP contribution in [0.15, 0.2) is 48.8 Å². The SMILES string of the molecule is COc1ccc(-c2c(-c3ccc4c(c3)CN(C3CCC(=O)NC3=O)C4=O)ncn2C(F)(F)F)cc1. The number of nitrogens with one attached hydrogen (secondary N) is 1. The number of hydrogen-bond acceptors (Lipinski definition) is 5. The molecule has 2 aliphatic rings. The molecule has 3 aromatic rings. The van der Waals surface area contributed by atoms with E-state index in [0.717, 1.165) is 6.33 Å². The molecular weight excluding hydrogens is 465 g/mol. The van der Waals surface area contributed by atoms with Gasteiger partial charge in [0.2, 0.25) is 11.8 Å². The zero-order valence-electron chi connectivity index (χ0n) is 18.4. The minimum absolute atomic E-state index is 0.0993. The number of amides is 3. The van der Waals surface area contributed by atoms with Gasteiger partial charge in [0.15, 0.2) is 0 Å². The number of carbonyl (C=O) groups is 3. The molecule has 35 heavy (non-hydrogen) atoms. The van der Waals surface area contributed by atoms with E-state index in [1.54, 1.807) is 24.3 Å². The number of imidazole rings is 1. The molecule has 1 N–H and O–H groups in total. The molecule has 3 amide bonds. The average molecular weight is 484 g/mol. The Morgan fingerprint density at radius 2 is 1.77 bits per heavy atom. The van der Waals surface area contributed by atoms with Gasteiger partial charge in [-0.25, -0.2) is 9.55 Å². The van der Waals surface area contributed by atoms with Gasteiger partial charge in [0.1, 0.15) is 18.1 Å². The van der Waals surface area contributed by atoms with Gasteiger partial charge in [-0.2, -0.15) is 0 Å². The molecule has 11 heteroatoms. The summed E-state index contributed by atoms with van der Waals surface area (Å²) < 4.78 is 46.6. The van der Waals surface area contributed by atoms with E-state index in [2.05, 4.69) is 10.3 Å². The zero-order chi connectivity index (χ0) is 24.9. The molecule has 0 radical (unpaired) electrons. The Kier molecular flexibility index (Phi) is 5.34. The first-order valence-electron chi connectivity index (χ1n) is 10.7. The molecule has 0 saturated carbocycles. The van der Waals surface area contributed by atoms with Crippen LogP contribution in [-0.4, -0.2) is 45.3 Å². The summed E-state index contributed by atoms with van der Waals surface area (Å²) >= 11 is 0. The van der Waals surface area contributed by atoms with Gasteiger partial charge in [-0.3, -0.25) is 19.7 Å². The molecule has 2 aromatic carbocycles. The van der Waals surface area contributed by atoms with E-state index in [4.69, 9.17) is 4.74 Å². The number of nitrogens with zero attached hydrogens (tertiary/aromatic N) is 3. The Morgan fingerprint density at radius 3 is 2.43 bits per heavy atom. The van der Waals surface area contributed by atoms with Crippen LogP contribution in [0.4, 0.5) is 13.2 Å². The molecular formula is C24H19F3N4O4. The number of rotatable bonds is 4. The number of hydrogen-bond donors (Lipinski definition) is 1. The highest BCUT2D eigenvalue weighted by Crippen LogP contribution is 2.39.